The summed E-state index contributed by atoms with van der Waals surface area (Å²) in [4.78, 5) is 4.43. The summed E-state index contributed by atoms with van der Waals surface area (Å²) >= 11 is 0. The molecule has 0 radical (unpaired) electrons. The fourth-order valence-electron chi connectivity index (χ4n) is 2.33. The van der Waals surface area contributed by atoms with Crippen molar-refractivity contribution in [1.29, 1.82) is 0 Å². The Morgan fingerprint density at radius 3 is 2.81 bits per heavy atom. The van der Waals surface area contributed by atoms with Gasteiger partial charge in [-0.15, -0.1) is 0 Å². The van der Waals surface area contributed by atoms with Crippen LogP contribution in [0.15, 0.2) is 54.9 Å². The highest BCUT2D eigenvalue weighted by molar-refractivity contribution is 5.75. The normalized spacial score (nSPS) is 11.2. The summed E-state index contributed by atoms with van der Waals surface area (Å²) in [5.41, 5.74) is 3.41. The predicted octanol–water partition coefficient (Wildman–Crippen LogP) is 4.12. The van der Waals surface area contributed by atoms with Gasteiger partial charge in [0.25, 0.3) is 0 Å². The van der Waals surface area contributed by atoms with Crippen molar-refractivity contribution in [3.8, 4) is 5.75 Å². The van der Waals surface area contributed by atoms with Gasteiger partial charge in [-0.3, -0.25) is 0 Å². The van der Waals surface area contributed by atoms with Gasteiger partial charge < -0.3 is 9.30 Å². The highest BCUT2D eigenvalue weighted by Crippen LogP contribution is 2.18. The topological polar surface area (TPSA) is 27.1 Å². The first kappa shape index (κ1) is 13.7. The molecule has 108 valence electrons. The SMILES string of the molecule is CC(C)COc1cccc(Cn2cnc3ccccc32)c1. The minimum absolute atomic E-state index is 0.534. The van der Waals surface area contributed by atoms with Gasteiger partial charge in [0.2, 0.25) is 0 Å². The molecule has 0 atom stereocenters. The highest BCUT2D eigenvalue weighted by Gasteiger charge is 2.04. The minimum Gasteiger partial charge on any atom is -0.493 e. The first-order chi connectivity index (χ1) is 10.2. The van der Waals surface area contributed by atoms with Crippen LogP contribution in [0, 0.1) is 5.92 Å². The minimum atomic E-state index is 0.534. The molecule has 3 nitrogen and oxygen atoms in total. The Morgan fingerprint density at radius 1 is 1.10 bits per heavy atom. The van der Waals surface area contributed by atoms with E-state index in [1.54, 1.807) is 0 Å². The molecule has 0 aliphatic carbocycles. The summed E-state index contributed by atoms with van der Waals surface area (Å²) in [6.45, 7) is 5.86. The molecule has 21 heavy (non-hydrogen) atoms. The summed E-state index contributed by atoms with van der Waals surface area (Å²) < 4.78 is 7.95. The number of rotatable bonds is 5. The van der Waals surface area contributed by atoms with Crippen LogP contribution in [-0.2, 0) is 6.54 Å². The van der Waals surface area contributed by atoms with Crippen molar-refractivity contribution < 1.29 is 4.74 Å². The molecule has 0 aliphatic heterocycles. The monoisotopic (exact) mass is 280 g/mol. The van der Waals surface area contributed by atoms with Gasteiger partial charge in [-0.05, 0) is 35.7 Å². The van der Waals surface area contributed by atoms with E-state index in [-0.39, 0.29) is 0 Å². The number of hydrogen-bond donors (Lipinski definition) is 0. The summed E-state index contributed by atoms with van der Waals surface area (Å²) in [6, 6.07) is 16.5. The van der Waals surface area contributed by atoms with Crippen LogP contribution >= 0.6 is 0 Å². The van der Waals surface area contributed by atoms with Gasteiger partial charge >= 0.3 is 0 Å². The number of ether oxygens (including phenoxy) is 1. The fraction of sp³-hybridized carbons (Fsp3) is 0.278. The number of fused-ring (bicyclic) bond motifs is 1. The second-order valence-corrected chi connectivity index (χ2v) is 5.71. The maximum Gasteiger partial charge on any atom is 0.119 e. The molecule has 3 heteroatoms. The lowest BCUT2D eigenvalue weighted by Gasteiger charge is -2.10. The van der Waals surface area contributed by atoms with Crippen LogP contribution in [0.5, 0.6) is 5.75 Å². The molecule has 0 saturated carbocycles. The van der Waals surface area contributed by atoms with E-state index >= 15 is 0 Å². The maximum absolute atomic E-state index is 5.79. The molecule has 0 fully saturated rings. The summed E-state index contributed by atoms with van der Waals surface area (Å²) in [5.74, 6) is 1.47. The van der Waals surface area contributed by atoms with E-state index in [0.717, 1.165) is 29.9 Å². The van der Waals surface area contributed by atoms with Gasteiger partial charge in [-0.2, -0.15) is 0 Å². The third-order valence-corrected chi connectivity index (χ3v) is 3.36. The summed E-state index contributed by atoms with van der Waals surface area (Å²) in [5, 5.41) is 0. The third kappa shape index (κ3) is 3.24. The number of imidazole rings is 1. The molecule has 1 heterocycles. The average molecular weight is 280 g/mol. The first-order valence-corrected chi connectivity index (χ1v) is 7.34. The van der Waals surface area contributed by atoms with E-state index < -0.39 is 0 Å². The van der Waals surface area contributed by atoms with E-state index in [1.807, 2.05) is 36.7 Å². The van der Waals surface area contributed by atoms with E-state index in [1.165, 1.54) is 5.56 Å². The molecule has 3 aromatic rings. The molecule has 0 spiro atoms. The Morgan fingerprint density at radius 2 is 1.95 bits per heavy atom. The third-order valence-electron chi connectivity index (χ3n) is 3.36. The lowest BCUT2D eigenvalue weighted by Crippen LogP contribution is -2.05. The Labute approximate surface area is 125 Å². The van der Waals surface area contributed by atoms with Crippen LogP contribution < -0.4 is 4.74 Å². The van der Waals surface area contributed by atoms with Crippen molar-refractivity contribution in [3.63, 3.8) is 0 Å². The van der Waals surface area contributed by atoms with Crippen LogP contribution in [0.3, 0.4) is 0 Å². The Hall–Kier alpha value is -2.29. The van der Waals surface area contributed by atoms with Crippen LogP contribution in [0.25, 0.3) is 11.0 Å². The fourth-order valence-corrected chi connectivity index (χ4v) is 2.33. The molecule has 0 saturated heterocycles. The molecular weight excluding hydrogens is 260 g/mol. The largest absolute Gasteiger partial charge is 0.493 e. The zero-order valence-corrected chi connectivity index (χ0v) is 12.5. The molecule has 3 rings (SSSR count). The van der Waals surface area contributed by atoms with Gasteiger partial charge in [0.1, 0.15) is 5.75 Å². The number of para-hydroxylation sites is 2. The van der Waals surface area contributed by atoms with Crippen molar-refractivity contribution >= 4 is 11.0 Å². The molecular formula is C18H20N2O. The summed E-state index contributed by atoms with van der Waals surface area (Å²) in [6.07, 6.45) is 1.90. The number of hydrogen-bond acceptors (Lipinski definition) is 2. The van der Waals surface area contributed by atoms with Crippen LogP contribution in [0.1, 0.15) is 19.4 Å². The molecule has 1 aromatic heterocycles. The summed E-state index contributed by atoms with van der Waals surface area (Å²) in [7, 11) is 0. The number of benzene rings is 2. The van der Waals surface area contributed by atoms with Gasteiger partial charge in [0.05, 0.1) is 24.0 Å². The molecule has 0 aliphatic rings. The zero-order valence-electron chi connectivity index (χ0n) is 12.5. The van der Waals surface area contributed by atoms with Crippen LogP contribution in [0.2, 0.25) is 0 Å². The van der Waals surface area contributed by atoms with Crippen LogP contribution in [0.4, 0.5) is 0 Å². The first-order valence-electron chi connectivity index (χ1n) is 7.34. The van der Waals surface area contributed by atoms with Gasteiger partial charge in [0, 0.05) is 6.54 Å². The van der Waals surface area contributed by atoms with E-state index in [2.05, 4.69) is 41.6 Å². The Bertz CT molecular complexity index is 731. The maximum atomic E-state index is 5.79. The van der Waals surface area contributed by atoms with Gasteiger partial charge in [-0.1, -0.05) is 38.1 Å². The molecule has 0 amide bonds. The smallest absolute Gasteiger partial charge is 0.119 e. The lowest BCUT2D eigenvalue weighted by atomic mass is 10.2. The van der Waals surface area contributed by atoms with Crippen molar-refractivity contribution in [2.75, 3.05) is 6.61 Å². The van der Waals surface area contributed by atoms with E-state index in [9.17, 15) is 0 Å². The number of aromatic nitrogens is 2. The predicted molar refractivity (Wildman–Crippen MR) is 85.6 cm³/mol. The Kier molecular flexibility index (Phi) is 3.91. The van der Waals surface area contributed by atoms with Crippen molar-refractivity contribution in [3.05, 3.63) is 60.4 Å². The zero-order chi connectivity index (χ0) is 14.7. The quantitative estimate of drug-likeness (QED) is 0.703. The van der Waals surface area contributed by atoms with E-state index in [0.29, 0.717) is 5.92 Å². The van der Waals surface area contributed by atoms with Gasteiger partial charge in [0.15, 0.2) is 0 Å². The molecule has 0 N–H and O–H groups in total. The standard InChI is InChI=1S/C18H20N2O/c1-14(2)12-21-16-7-5-6-15(10-16)11-20-13-19-17-8-3-4-9-18(17)20/h3-10,13-14H,11-12H2,1-2H3. The molecule has 2 aromatic carbocycles. The van der Waals surface area contributed by atoms with Crippen molar-refractivity contribution in [1.82, 2.24) is 9.55 Å². The van der Waals surface area contributed by atoms with Crippen LogP contribution in [-0.4, -0.2) is 16.2 Å². The number of nitrogens with zero attached hydrogens (tertiary/aromatic N) is 2. The van der Waals surface area contributed by atoms with Crippen molar-refractivity contribution in [2.45, 2.75) is 20.4 Å². The second-order valence-electron chi connectivity index (χ2n) is 5.71. The molecule has 0 bridgehead atoms. The Balaban J connectivity index is 1.80. The van der Waals surface area contributed by atoms with Crippen molar-refractivity contribution in [2.24, 2.45) is 5.92 Å². The molecule has 0 unspecified atom stereocenters. The average Bonchev–Trinajstić information content (AvgIpc) is 2.89. The highest BCUT2D eigenvalue weighted by atomic mass is 16.5. The van der Waals surface area contributed by atoms with E-state index in [4.69, 9.17) is 4.74 Å². The van der Waals surface area contributed by atoms with Gasteiger partial charge in [-0.25, -0.2) is 4.98 Å². The second kappa shape index (κ2) is 6.00. The lowest BCUT2D eigenvalue weighted by molar-refractivity contribution is 0.271.